The van der Waals surface area contributed by atoms with Crippen molar-refractivity contribution in [1.82, 2.24) is 18.7 Å². The van der Waals surface area contributed by atoms with Gasteiger partial charge in [0, 0.05) is 24.6 Å². The van der Waals surface area contributed by atoms with Crippen LogP contribution in [-0.2, 0) is 6.54 Å². The van der Waals surface area contributed by atoms with Crippen LogP contribution in [0.25, 0.3) is 11.3 Å². The molecule has 3 aromatic rings. The molecule has 3 rings (SSSR count). The van der Waals surface area contributed by atoms with Gasteiger partial charge in [-0.3, -0.25) is 9.36 Å². The molecule has 2 heterocycles. The smallest absolute Gasteiger partial charge is 0.350 e. The molecule has 0 saturated carbocycles. The number of rotatable bonds is 7. The lowest BCUT2D eigenvalue weighted by Crippen LogP contribution is -2.24. The number of nitrogens with zero attached hydrogens (tertiary/aromatic N) is 4. The summed E-state index contributed by atoms with van der Waals surface area (Å²) >= 11 is 0. The summed E-state index contributed by atoms with van der Waals surface area (Å²) < 4.78 is 9.57. The Morgan fingerprint density at radius 1 is 1.04 bits per heavy atom. The zero-order valence-corrected chi connectivity index (χ0v) is 14.5. The van der Waals surface area contributed by atoms with Crippen LogP contribution in [-0.4, -0.2) is 25.4 Å². The van der Waals surface area contributed by atoms with Gasteiger partial charge >= 0.3 is 11.2 Å². The minimum absolute atomic E-state index is 0.137. The van der Waals surface area contributed by atoms with Crippen molar-refractivity contribution in [3.8, 4) is 11.4 Å². The Kier molecular flexibility index (Phi) is 5.02. The predicted octanol–water partition coefficient (Wildman–Crippen LogP) is 2.24. The van der Waals surface area contributed by atoms with Crippen molar-refractivity contribution in [3.05, 3.63) is 57.5 Å². The average molecular weight is 342 g/mol. The summed E-state index contributed by atoms with van der Waals surface area (Å²) in [5.41, 5.74) is 0.238. The summed E-state index contributed by atoms with van der Waals surface area (Å²) in [5, 5.41) is 4.23. The van der Waals surface area contributed by atoms with Gasteiger partial charge in [-0.05, 0) is 37.6 Å². The molecule has 0 N–H and O–H groups in total. The van der Waals surface area contributed by atoms with Crippen LogP contribution in [0.1, 0.15) is 33.1 Å². The molecule has 0 fully saturated rings. The Labute approximate surface area is 145 Å². The Morgan fingerprint density at radius 2 is 1.80 bits per heavy atom. The van der Waals surface area contributed by atoms with E-state index in [-0.39, 0.29) is 16.9 Å². The summed E-state index contributed by atoms with van der Waals surface area (Å²) in [6.07, 6.45) is 6.13. The SMILES string of the molecule is CCCCCn1nc2c(=O)n(-c3ccc(OCC)cc3)ccn2c1=O. The van der Waals surface area contributed by atoms with Gasteiger partial charge in [0.15, 0.2) is 0 Å². The first-order valence-corrected chi connectivity index (χ1v) is 8.59. The van der Waals surface area contributed by atoms with Crippen LogP contribution in [0.5, 0.6) is 5.75 Å². The topological polar surface area (TPSA) is 70.5 Å². The molecular weight excluding hydrogens is 320 g/mol. The van der Waals surface area contributed by atoms with Crippen LogP contribution in [0.3, 0.4) is 0 Å². The molecule has 7 heteroatoms. The van der Waals surface area contributed by atoms with E-state index in [2.05, 4.69) is 12.0 Å². The first kappa shape index (κ1) is 17.0. The summed E-state index contributed by atoms with van der Waals surface area (Å²) in [7, 11) is 0. The molecule has 0 unspecified atom stereocenters. The minimum Gasteiger partial charge on any atom is -0.494 e. The van der Waals surface area contributed by atoms with E-state index in [1.165, 1.54) is 13.6 Å². The highest BCUT2D eigenvalue weighted by atomic mass is 16.5. The van der Waals surface area contributed by atoms with E-state index in [9.17, 15) is 9.59 Å². The van der Waals surface area contributed by atoms with E-state index in [1.54, 1.807) is 24.5 Å². The zero-order valence-electron chi connectivity index (χ0n) is 14.5. The van der Waals surface area contributed by atoms with Crippen LogP contribution in [0, 0.1) is 0 Å². The molecular formula is C18H22N4O3. The highest BCUT2D eigenvalue weighted by molar-refractivity contribution is 5.42. The normalized spacial score (nSPS) is 11.1. The molecule has 0 aliphatic heterocycles. The Balaban J connectivity index is 1.99. The maximum Gasteiger partial charge on any atom is 0.350 e. The Hall–Kier alpha value is -2.83. The number of aromatic nitrogens is 4. The van der Waals surface area contributed by atoms with E-state index in [1.807, 2.05) is 19.1 Å². The number of ether oxygens (including phenoxy) is 1. The second kappa shape index (κ2) is 7.38. The van der Waals surface area contributed by atoms with Gasteiger partial charge in [0.1, 0.15) is 5.75 Å². The second-order valence-corrected chi connectivity index (χ2v) is 5.81. The number of unbranched alkanes of at least 4 members (excludes halogenated alkanes) is 2. The molecule has 7 nitrogen and oxygen atoms in total. The largest absolute Gasteiger partial charge is 0.494 e. The third-order valence-corrected chi connectivity index (χ3v) is 4.04. The van der Waals surface area contributed by atoms with Gasteiger partial charge < -0.3 is 4.74 Å². The van der Waals surface area contributed by atoms with E-state index < -0.39 is 0 Å². The highest BCUT2D eigenvalue weighted by Crippen LogP contribution is 2.14. The van der Waals surface area contributed by atoms with E-state index in [4.69, 9.17) is 4.74 Å². The van der Waals surface area contributed by atoms with Crippen LogP contribution in [0.15, 0.2) is 46.2 Å². The van der Waals surface area contributed by atoms with Crippen LogP contribution >= 0.6 is 0 Å². The van der Waals surface area contributed by atoms with Crippen molar-refractivity contribution in [2.45, 2.75) is 39.7 Å². The lowest BCUT2D eigenvalue weighted by atomic mass is 10.2. The summed E-state index contributed by atoms with van der Waals surface area (Å²) in [6, 6.07) is 7.23. The molecule has 1 aromatic carbocycles. The highest BCUT2D eigenvalue weighted by Gasteiger charge is 2.12. The fourth-order valence-corrected chi connectivity index (χ4v) is 2.74. The Morgan fingerprint density at radius 3 is 2.48 bits per heavy atom. The fourth-order valence-electron chi connectivity index (χ4n) is 2.74. The average Bonchev–Trinajstić information content (AvgIpc) is 2.94. The third-order valence-electron chi connectivity index (χ3n) is 4.04. The Bertz CT molecular complexity index is 967. The summed E-state index contributed by atoms with van der Waals surface area (Å²) in [4.78, 5) is 25.1. The van der Waals surface area contributed by atoms with Crippen LogP contribution < -0.4 is 16.0 Å². The summed E-state index contributed by atoms with van der Waals surface area (Å²) in [5.74, 6) is 0.747. The maximum absolute atomic E-state index is 12.7. The van der Waals surface area contributed by atoms with E-state index in [0.717, 1.165) is 25.0 Å². The van der Waals surface area contributed by atoms with Gasteiger partial charge in [0.25, 0.3) is 0 Å². The van der Waals surface area contributed by atoms with Gasteiger partial charge in [-0.25, -0.2) is 13.9 Å². The molecule has 0 spiro atoms. The molecule has 2 aromatic heterocycles. The quantitative estimate of drug-likeness (QED) is 0.618. The molecule has 0 atom stereocenters. The monoisotopic (exact) mass is 342 g/mol. The van der Waals surface area contributed by atoms with Gasteiger partial charge in [-0.2, -0.15) is 0 Å². The number of aryl methyl sites for hydroxylation is 1. The lowest BCUT2D eigenvalue weighted by Gasteiger charge is -2.07. The summed E-state index contributed by atoms with van der Waals surface area (Å²) in [6.45, 7) is 5.13. The van der Waals surface area contributed by atoms with E-state index >= 15 is 0 Å². The number of hydrogen-bond acceptors (Lipinski definition) is 4. The number of hydrogen-bond donors (Lipinski definition) is 0. The molecule has 0 bridgehead atoms. The molecule has 0 radical (unpaired) electrons. The minimum atomic E-state index is -0.321. The first-order valence-electron chi connectivity index (χ1n) is 8.59. The van der Waals surface area contributed by atoms with E-state index in [0.29, 0.717) is 18.8 Å². The molecule has 132 valence electrons. The van der Waals surface area contributed by atoms with Gasteiger partial charge in [-0.15, -0.1) is 5.10 Å². The van der Waals surface area contributed by atoms with Crippen molar-refractivity contribution in [1.29, 1.82) is 0 Å². The van der Waals surface area contributed by atoms with Gasteiger partial charge in [-0.1, -0.05) is 19.8 Å². The van der Waals surface area contributed by atoms with Crippen molar-refractivity contribution in [2.24, 2.45) is 0 Å². The zero-order chi connectivity index (χ0) is 17.8. The lowest BCUT2D eigenvalue weighted by molar-refractivity contribution is 0.340. The standard InChI is InChI=1S/C18H22N4O3/c1-3-5-6-11-22-18(24)21-13-12-20(17(23)16(21)19-22)14-7-9-15(10-8-14)25-4-2/h7-10,12-13H,3-6,11H2,1-2H3. The number of fused-ring (bicyclic) bond motifs is 1. The van der Waals surface area contributed by atoms with Crippen LogP contribution in [0.2, 0.25) is 0 Å². The molecule has 25 heavy (non-hydrogen) atoms. The first-order chi connectivity index (χ1) is 12.2. The molecule has 0 aliphatic carbocycles. The van der Waals surface area contributed by atoms with Crippen molar-refractivity contribution >= 4 is 5.65 Å². The molecule has 0 amide bonds. The third kappa shape index (κ3) is 3.35. The van der Waals surface area contributed by atoms with Crippen molar-refractivity contribution in [3.63, 3.8) is 0 Å². The van der Waals surface area contributed by atoms with Gasteiger partial charge in [0.05, 0.1) is 6.61 Å². The van der Waals surface area contributed by atoms with Crippen LogP contribution in [0.4, 0.5) is 0 Å². The van der Waals surface area contributed by atoms with Gasteiger partial charge in [0.2, 0.25) is 5.65 Å². The van der Waals surface area contributed by atoms with Crippen molar-refractivity contribution < 1.29 is 4.74 Å². The maximum atomic E-state index is 12.7. The number of benzene rings is 1. The molecule has 0 saturated heterocycles. The molecule has 0 aliphatic rings. The van der Waals surface area contributed by atoms with Crippen molar-refractivity contribution in [2.75, 3.05) is 6.61 Å². The second-order valence-electron chi connectivity index (χ2n) is 5.81. The predicted molar refractivity (Wildman–Crippen MR) is 95.7 cm³/mol. The fraction of sp³-hybridized carbons (Fsp3) is 0.389.